The van der Waals surface area contributed by atoms with Crippen molar-refractivity contribution in [2.45, 2.75) is 38.1 Å². The highest BCUT2D eigenvalue weighted by Crippen LogP contribution is 2.57. The normalized spacial score (nSPS) is 60.3. The Morgan fingerprint density at radius 3 is 2.55 bits per heavy atom. The largest absolute Gasteiger partial charge is 0.328 e. The van der Waals surface area contributed by atoms with Crippen molar-refractivity contribution in [3.8, 4) is 0 Å². The van der Waals surface area contributed by atoms with Crippen LogP contribution in [0.4, 0.5) is 0 Å². The molecular weight excluding hydrogens is 134 g/mol. The van der Waals surface area contributed by atoms with E-state index in [2.05, 4.69) is 0 Å². The van der Waals surface area contributed by atoms with E-state index in [1.54, 1.807) is 0 Å². The van der Waals surface area contributed by atoms with Gasteiger partial charge in [0.2, 0.25) is 0 Å². The van der Waals surface area contributed by atoms with Crippen molar-refractivity contribution in [3.63, 3.8) is 0 Å². The summed E-state index contributed by atoms with van der Waals surface area (Å²) in [5.74, 6) is 4.32. The Morgan fingerprint density at radius 1 is 0.818 bits per heavy atom. The van der Waals surface area contributed by atoms with Crippen LogP contribution in [0.2, 0.25) is 0 Å². The van der Waals surface area contributed by atoms with Gasteiger partial charge in [0.1, 0.15) is 0 Å². The second-order valence-electron chi connectivity index (χ2n) is 4.99. The summed E-state index contributed by atoms with van der Waals surface area (Å²) in [5, 5.41) is 0. The second kappa shape index (κ2) is 2.01. The van der Waals surface area contributed by atoms with Gasteiger partial charge in [0.25, 0.3) is 0 Å². The molecule has 0 aromatic heterocycles. The molecule has 11 heavy (non-hydrogen) atoms. The fourth-order valence-electron chi connectivity index (χ4n) is 3.87. The molecular formula is C10H17N. The van der Waals surface area contributed by atoms with E-state index in [9.17, 15) is 0 Å². The minimum atomic E-state index is 0.552. The van der Waals surface area contributed by atoms with Gasteiger partial charge < -0.3 is 5.73 Å². The molecule has 62 valence electrons. The monoisotopic (exact) mass is 151 g/mol. The number of nitrogens with two attached hydrogens (primary N) is 1. The van der Waals surface area contributed by atoms with Gasteiger partial charge in [0, 0.05) is 6.04 Å². The molecule has 0 radical (unpaired) electrons. The van der Waals surface area contributed by atoms with Crippen molar-refractivity contribution in [3.05, 3.63) is 0 Å². The second-order valence-corrected chi connectivity index (χ2v) is 4.99. The maximum Gasteiger partial charge on any atom is 0.00442 e. The summed E-state index contributed by atoms with van der Waals surface area (Å²) in [4.78, 5) is 0. The molecule has 1 nitrogen and oxygen atoms in total. The smallest absolute Gasteiger partial charge is 0.00442 e. The van der Waals surface area contributed by atoms with Crippen LogP contribution in [0.1, 0.15) is 32.1 Å². The molecule has 1 unspecified atom stereocenters. The van der Waals surface area contributed by atoms with E-state index in [-0.39, 0.29) is 0 Å². The van der Waals surface area contributed by atoms with Crippen molar-refractivity contribution in [2.24, 2.45) is 29.4 Å². The standard InChI is InChI=1S/C10H17N/c11-9-2-6-1-7-4-8(5-9)10(7)3-6/h6-10H,1-5,11H2/t6-,7+,8+,9+,10?/m0/s1. The van der Waals surface area contributed by atoms with Crippen LogP contribution in [0, 0.1) is 23.7 Å². The first-order valence-corrected chi connectivity index (χ1v) is 5.08. The molecule has 3 rings (SSSR count). The Kier molecular flexibility index (Phi) is 1.18. The van der Waals surface area contributed by atoms with Crippen LogP contribution in [0.15, 0.2) is 0 Å². The van der Waals surface area contributed by atoms with Gasteiger partial charge in [-0.3, -0.25) is 0 Å². The van der Waals surface area contributed by atoms with Gasteiger partial charge in [-0.2, -0.15) is 0 Å². The molecule has 0 aliphatic heterocycles. The average Bonchev–Trinajstić information content (AvgIpc) is 2.14. The highest BCUT2D eigenvalue weighted by Gasteiger charge is 2.49. The fourth-order valence-corrected chi connectivity index (χ4v) is 3.87. The minimum Gasteiger partial charge on any atom is -0.328 e. The van der Waals surface area contributed by atoms with Crippen molar-refractivity contribution >= 4 is 0 Å². The molecule has 0 spiro atoms. The predicted octanol–water partition coefficient (Wildman–Crippen LogP) is 1.77. The lowest BCUT2D eigenvalue weighted by Gasteiger charge is -2.42. The van der Waals surface area contributed by atoms with Gasteiger partial charge in [-0.1, -0.05) is 0 Å². The van der Waals surface area contributed by atoms with Crippen LogP contribution >= 0.6 is 0 Å². The van der Waals surface area contributed by atoms with Crippen molar-refractivity contribution in [2.75, 3.05) is 0 Å². The minimum absolute atomic E-state index is 0.552. The third-order valence-electron chi connectivity index (χ3n) is 4.30. The molecule has 0 amide bonds. The Balaban J connectivity index is 1.85. The summed E-state index contributed by atoms with van der Waals surface area (Å²) in [6, 6.07) is 0.552. The van der Waals surface area contributed by atoms with Crippen LogP contribution in [0.5, 0.6) is 0 Å². The van der Waals surface area contributed by atoms with E-state index in [1.807, 2.05) is 0 Å². The summed E-state index contributed by atoms with van der Waals surface area (Å²) in [6.45, 7) is 0. The van der Waals surface area contributed by atoms with Gasteiger partial charge in [0.15, 0.2) is 0 Å². The molecule has 1 heteroatoms. The summed E-state index contributed by atoms with van der Waals surface area (Å²) < 4.78 is 0. The van der Waals surface area contributed by atoms with Gasteiger partial charge in [-0.25, -0.2) is 0 Å². The number of fused-ring (bicyclic) bond motifs is 1. The molecule has 5 atom stereocenters. The predicted molar refractivity (Wildman–Crippen MR) is 45.0 cm³/mol. The summed E-state index contributed by atoms with van der Waals surface area (Å²) in [5.41, 5.74) is 6.04. The topological polar surface area (TPSA) is 26.0 Å². The number of hydrogen-bond acceptors (Lipinski definition) is 1. The lowest BCUT2D eigenvalue weighted by molar-refractivity contribution is 0.0875. The summed E-state index contributed by atoms with van der Waals surface area (Å²) >= 11 is 0. The Morgan fingerprint density at radius 2 is 1.64 bits per heavy atom. The van der Waals surface area contributed by atoms with Crippen LogP contribution < -0.4 is 5.73 Å². The van der Waals surface area contributed by atoms with E-state index in [0.29, 0.717) is 6.04 Å². The van der Waals surface area contributed by atoms with Gasteiger partial charge >= 0.3 is 0 Å². The fraction of sp³-hybridized carbons (Fsp3) is 1.00. The van der Waals surface area contributed by atoms with Crippen LogP contribution in [-0.2, 0) is 0 Å². The molecule has 0 aromatic rings. The molecule has 0 aromatic carbocycles. The Labute approximate surface area is 68.3 Å². The van der Waals surface area contributed by atoms with Crippen molar-refractivity contribution in [1.82, 2.24) is 0 Å². The summed E-state index contributed by atoms with van der Waals surface area (Å²) in [7, 11) is 0. The third-order valence-corrected chi connectivity index (χ3v) is 4.30. The zero-order chi connectivity index (χ0) is 7.42. The molecule has 3 saturated carbocycles. The van der Waals surface area contributed by atoms with Gasteiger partial charge in [0.05, 0.1) is 0 Å². The highest BCUT2D eigenvalue weighted by atomic mass is 14.7. The average molecular weight is 151 g/mol. The van der Waals surface area contributed by atoms with Crippen molar-refractivity contribution in [1.29, 1.82) is 0 Å². The lowest BCUT2D eigenvalue weighted by atomic mass is 9.64. The zero-order valence-electron chi connectivity index (χ0n) is 7.00. The quantitative estimate of drug-likeness (QED) is 0.561. The van der Waals surface area contributed by atoms with Gasteiger partial charge in [-0.15, -0.1) is 0 Å². The molecule has 0 saturated heterocycles. The molecule has 2 N–H and O–H groups in total. The van der Waals surface area contributed by atoms with Crippen LogP contribution in [0.25, 0.3) is 0 Å². The van der Waals surface area contributed by atoms with E-state index in [1.165, 1.54) is 32.1 Å². The van der Waals surface area contributed by atoms with Crippen molar-refractivity contribution < 1.29 is 0 Å². The summed E-state index contributed by atoms with van der Waals surface area (Å²) in [6.07, 6.45) is 7.26. The van der Waals surface area contributed by atoms with E-state index < -0.39 is 0 Å². The Hall–Kier alpha value is -0.0400. The Bertz CT molecular complexity index is 172. The zero-order valence-corrected chi connectivity index (χ0v) is 7.00. The first-order chi connectivity index (χ1) is 5.33. The van der Waals surface area contributed by atoms with Crippen LogP contribution in [0.3, 0.4) is 0 Å². The lowest BCUT2D eigenvalue weighted by Crippen LogP contribution is -2.37. The number of rotatable bonds is 0. The molecule has 3 aliphatic carbocycles. The maximum absolute atomic E-state index is 6.04. The van der Waals surface area contributed by atoms with Gasteiger partial charge in [-0.05, 0) is 55.8 Å². The molecule has 3 fully saturated rings. The maximum atomic E-state index is 6.04. The van der Waals surface area contributed by atoms with E-state index >= 15 is 0 Å². The SMILES string of the molecule is N[C@@H]1C[C@H]2CC3[C@H](C2)C[C@@H]3C1. The third kappa shape index (κ3) is 0.807. The first-order valence-electron chi connectivity index (χ1n) is 5.08. The van der Waals surface area contributed by atoms with E-state index in [4.69, 9.17) is 5.73 Å². The molecule has 0 heterocycles. The molecule has 3 aliphatic rings. The highest BCUT2D eigenvalue weighted by molar-refractivity contribution is 5.01. The van der Waals surface area contributed by atoms with Crippen LogP contribution in [-0.4, -0.2) is 6.04 Å². The molecule has 2 bridgehead atoms. The van der Waals surface area contributed by atoms with E-state index in [0.717, 1.165) is 23.7 Å². The number of hydrogen-bond donors (Lipinski definition) is 1. The first kappa shape index (κ1) is 6.47.